The molecule has 0 spiro atoms. The fraction of sp³-hybridized carbons (Fsp3) is 0.125. The molecule has 0 saturated carbocycles. The van der Waals surface area contributed by atoms with Gasteiger partial charge in [-0.3, -0.25) is 29.4 Å². The van der Waals surface area contributed by atoms with E-state index in [1.807, 2.05) is 24.5 Å². The van der Waals surface area contributed by atoms with Crippen LogP contribution in [0.3, 0.4) is 0 Å². The predicted octanol–water partition coefficient (Wildman–Crippen LogP) is 4.82. The van der Waals surface area contributed by atoms with E-state index in [2.05, 4.69) is 5.32 Å². The Balaban J connectivity index is 1.52. The number of carbonyl (C=O) groups excluding carboxylic acids is 3. The molecule has 2 heterocycles. The molecule has 0 bridgehead atoms. The number of amides is 3. The molecular formula is C24H19FN4O5S. The highest BCUT2D eigenvalue weighted by atomic mass is 32.2. The van der Waals surface area contributed by atoms with E-state index in [1.165, 1.54) is 36.4 Å². The van der Waals surface area contributed by atoms with Crippen LogP contribution in [0.1, 0.15) is 17.0 Å². The van der Waals surface area contributed by atoms with Crippen LogP contribution in [0.25, 0.3) is 11.8 Å². The summed E-state index contributed by atoms with van der Waals surface area (Å²) in [5, 5.41) is 12.9. The van der Waals surface area contributed by atoms with Crippen LogP contribution in [-0.2, 0) is 9.59 Å². The second kappa shape index (κ2) is 9.55. The lowest BCUT2D eigenvalue weighted by Crippen LogP contribution is -2.36. The van der Waals surface area contributed by atoms with Gasteiger partial charge in [-0.15, -0.1) is 0 Å². The van der Waals surface area contributed by atoms with Gasteiger partial charge in [0.2, 0.25) is 5.91 Å². The largest absolute Gasteiger partial charge is 0.325 e. The average Bonchev–Trinajstić information content (AvgIpc) is 3.24. The lowest BCUT2D eigenvalue weighted by molar-refractivity contribution is -0.384. The Labute approximate surface area is 203 Å². The van der Waals surface area contributed by atoms with Crippen molar-refractivity contribution in [3.8, 4) is 5.69 Å². The van der Waals surface area contributed by atoms with Gasteiger partial charge in [-0.05, 0) is 79.7 Å². The molecule has 0 radical (unpaired) electrons. The van der Waals surface area contributed by atoms with Crippen LogP contribution in [0.15, 0.2) is 59.5 Å². The number of nitrogens with one attached hydrogen (secondary N) is 1. The summed E-state index contributed by atoms with van der Waals surface area (Å²) >= 11 is 0.736. The van der Waals surface area contributed by atoms with E-state index in [-0.39, 0.29) is 10.6 Å². The second-order valence-corrected chi connectivity index (χ2v) is 8.75. The number of halogens is 1. The maximum atomic E-state index is 13.0. The first-order chi connectivity index (χ1) is 16.6. The number of carbonyl (C=O) groups is 3. The number of anilines is 1. The lowest BCUT2D eigenvalue weighted by Gasteiger charge is -2.12. The van der Waals surface area contributed by atoms with Crippen LogP contribution in [0, 0.1) is 29.8 Å². The van der Waals surface area contributed by atoms with Crippen LogP contribution in [-0.4, -0.2) is 38.0 Å². The highest BCUT2D eigenvalue weighted by Crippen LogP contribution is 2.34. The Morgan fingerprint density at radius 3 is 2.40 bits per heavy atom. The molecular weight excluding hydrogens is 475 g/mol. The number of aromatic nitrogens is 1. The van der Waals surface area contributed by atoms with Gasteiger partial charge in [-0.2, -0.15) is 0 Å². The number of hydrogen-bond donors (Lipinski definition) is 1. The van der Waals surface area contributed by atoms with Crippen molar-refractivity contribution in [3.05, 3.63) is 92.4 Å². The highest BCUT2D eigenvalue weighted by molar-refractivity contribution is 8.18. The van der Waals surface area contributed by atoms with E-state index < -0.39 is 34.3 Å². The summed E-state index contributed by atoms with van der Waals surface area (Å²) in [5.41, 5.74) is 3.35. The van der Waals surface area contributed by atoms with Crippen molar-refractivity contribution in [2.45, 2.75) is 13.8 Å². The fourth-order valence-corrected chi connectivity index (χ4v) is 4.54. The topological polar surface area (TPSA) is 115 Å². The average molecular weight is 495 g/mol. The minimum absolute atomic E-state index is 0.0198. The predicted molar refractivity (Wildman–Crippen MR) is 130 cm³/mol. The van der Waals surface area contributed by atoms with Crippen molar-refractivity contribution < 1.29 is 23.7 Å². The standard InChI is InChI=1S/C24H19FN4O5S/c1-14-11-16(15(2)28(14)19-7-9-20(10-8-19)29(33)34)12-21-23(31)27(24(32)35-21)13-22(30)26-18-5-3-17(25)4-6-18/h3-12H,13H2,1-2H3,(H,26,30)/b21-12-. The highest BCUT2D eigenvalue weighted by Gasteiger charge is 2.36. The number of nitro benzene ring substituents is 1. The molecule has 1 aliphatic heterocycles. The minimum Gasteiger partial charge on any atom is -0.325 e. The summed E-state index contributed by atoms with van der Waals surface area (Å²) in [5.74, 6) is -1.63. The summed E-state index contributed by atoms with van der Waals surface area (Å²) < 4.78 is 14.9. The molecule has 1 saturated heterocycles. The van der Waals surface area contributed by atoms with Crippen molar-refractivity contribution in [3.63, 3.8) is 0 Å². The van der Waals surface area contributed by atoms with Crippen molar-refractivity contribution in [2.75, 3.05) is 11.9 Å². The first-order valence-electron chi connectivity index (χ1n) is 10.4. The third kappa shape index (κ3) is 4.99. The van der Waals surface area contributed by atoms with Gasteiger partial charge in [-0.1, -0.05) is 0 Å². The van der Waals surface area contributed by atoms with E-state index in [0.29, 0.717) is 11.3 Å². The van der Waals surface area contributed by atoms with Gasteiger partial charge in [0.15, 0.2) is 0 Å². The van der Waals surface area contributed by atoms with E-state index in [1.54, 1.807) is 18.2 Å². The molecule has 1 fully saturated rings. The zero-order valence-electron chi connectivity index (χ0n) is 18.6. The molecule has 2 aromatic carbocycles. The van der Waals surface area contributed by atoms with Gasteiger partial charge < -0.3 is 9.88 Å². The molecule has 178 valence electrons. The fourth-order valence-electron chi connectivity index (χ4n) is 3.71. The molecule has 1 N–H and O–H groups in total. The smallest absolute Gasteiger partial charge is 0.294 e. The van der Waals surface area contributed by atoms with Crippen LogP contribution >= 0.6 is 11.8 Å². The molecule has 4 rings (SSSR count). The molecule has 0 aliphatic carbocycles. The zero-order valence-corrected chi connectivity index (χ0v) is 19.5. The molecule has 3 amide bonds. The third-order valence-corrected chi connectivity index (χ3v) is 6.29. The van der Waals surface area contributed by atoms with E-state index in [4.69, 9.17) is 0 Å². The Kier molecular flexibility index (Phi) is 6.52. The molecule has 1 aliphatic rings. The van der Waals surface area contributed by atoms with Gasteiger partial charge in [0.1, 0.15) is 12.4 Å². The number of non-ortho nitro benzene ring substituents is 1. The first kappa shape index (κ1) is 23.9. The normalized spacial score (nSPS) is 14.6. The number of nitro groups is 1. The number of benzene rings is 2. The maximum absolute atomic E-state index is 13.0. The molecule has 11 heteroatoms. The van der Waals surface area contributed by atoms with Gasteiger partial charge in [0.25, 0.3) is 16.8 Å². The van der Waals surface area contributed by atoms with E-state index in [0.717, 1.165) is 33.7 Å². The zero-order chi connectivity index (χ0) is 25.3. The van der Waals surface area contributed by atoms with Gasteiger partial charge >= 0.3 is 0 Å². The van der Waals surface area contributed by atoms with E-state index >= 15 is 0 Å². The molecule has 35 heavy (non-hydrogen) atoms. The minimum atomic E-state index is -0.589. The molecule has 0 unspecified atom stereocenters. The number of hydrogen-bond acceptors (Lipinski definition) is 6. The maximum Gasteiger partial charge on any atom is 0.294 e. The summed E-state index contributed by atoms with van der Waals surface area (Å²) in [6.45, 7) is 3.22. The number of aryl methyl sites for hydroxylation is 1. The summed E-state index contributed by atoms with van der Waals surface area (Å²) in [4.78, 5) is 49.0. The van der Waals surface area contributed by atoms with Crippen LogP contribution in [0.2, 0.25) is 0 Å². The van der Waals surface area contributed by atoms with Crippen molar-refractivity contribution in [1.29, 1.82) is 0 Å². The number of imide groups is 1. The summed E-state index contributed by atoms with van der Waals surface area (Å²) in [7, 11) is 0. The summed E-state index contributed by atoms with van der Waals surface area (Å²) in [6, 6.07) is 13.1. The second-order valence-electron chi connectivity index (χ2n) is 7.76. The van der Waals surface area contributed by atoms with E-state index in [9.17, 15) is 28.9 Å². The summed E-state index contributed by atoms with van der Waals surface area (Å²) in [6.07, 6.45) is 1.59. The molecule has 9 nitrogen and oxygen atoms in total. The monoisotopic (exact) mass is 494 g/mol. The SMILES string of the molecule is Cc1cc(/C=C2\SC(=O)N(CC(=O)Nc3ccc(F)cc3)C2=O)c(C)n1-c1ccc([N+](=O)[O-])cc1. The van der Waals surface area contributed by atoms with Crippen LogP contribution in [0.4, 0.5) is 20.6 Å². The van der Waals surface area contributed by atoms with Crippen LogP contribution in [0.5, 0.6) is 0 Å². The van der Waals surface area contributed by atoms with Gasteiger partial charge in [0.05, 0.1) is 9.83 Å². The molecule has 3 aromatic rings. The first-order valence-corrected chi connectivity index (χ1v) is 11.2. The van der Waals surface area contributed by atoms with Crippen LogP contribution < -0.4 is 5.32 Å². The van der Waals surface area contributed by atoms with Crippen molar-refractivity contribution in [1.82, 2.24) is 9.47 Å². The molecule has 0 atom stereocenters. The third-order valence-electron chi connectivity index (χ3n) is 5.38. The Hall–Kier alpha value is -4.25. The van der Waals surface area contributed by atoms with Gasteiger partial charge in [0, 0.05) is 34.9 Å². The molecule has 1 aromatic heterocycles. The lowest BCUT2D eigenvalue weighted by atomic mass is 10.2. The van der Waals surface area contributed by atoms with Crippen molar-refractivity contribution in [2.24, 2.45) is 0 Å². The Bertz CT molecular complexity index is 1380. The van der Waals surface area contributed by atoms with Crippen molar-refractivity contribution >= 4 is 46.3 Å². The van der Waals surface area contributed by atoms with Gasteiger partial charge in [-0.25, -0.2) is 4.39 Å². The Morgan fingerprint density at radius 2 is 1.77 bits per heavy atom. The number of rotatable bonds is 6. The number of thioether (sulfide) groups is 1. The Morgan fingerprint density at radius 1 is 1.11 bits per heavy atom. The quantitative estimate of drug-likeness (QED) is 0.299. The number of nitrogens with zero attached hydrogens (tertiary/aromatic N) is 3.